The second kappa shape index (κ2) is 7.28. The van der Waals surface area contributed by atoms with E-state index in [0.29, 0.717) is 22.4 Å². The highest BCUT2D eigenvalue weighted by Crippen LogP contribution is 2.29. The summed E-state index contributed by atoms with van der Waals surface area (Å²) >= 11 is 1.41. The molecule has 0 bridgehead atoms. The third-order valence-corrected chi connectivity index (χ3v) is 5.54. The fourth-order valence-electron chi connectivity index (χ4n) is 3.22. The van der Waals surface area contributed by atoms with E-state index in [1.54, 1.807) is 0 Å². The predicted molar refractivity (Wildman–Crippen MR) is 111 cm³/mol. The first-order valence-corrected chi connectivity index (χ1v) is 9.96. The van der Waals surface area contributed by atoms with Crippen LogP contribution in [0.3, 0.4) is 0 Å². The fraction of sp³-hybridized carbons (Fsp3) is 0.227. The van der Waals surface area contributed by atoms with Crippen LogP contribution in [-0.4, -0.2) is 10.2 Å². The minimum atomic E-state index is -0.354. The van der Waals surface area contributed by atoms with Crippen LogP contribution in [0.5, 0.6) is 0 Å². The molecule has 0 aliphatic heterocycles. The summed E-state index contributed by atoms with van der Waals surface area (Å²) in [6.45, 7) is 8.13. The second-order valence-electron chi connectivity index (χ2n) is 7.06. The van der Waals surface area contributed by atoms with E-state index in [4.69, 9.17) is 8.83 Å². The van der Waals surface area contributed by atoms with Crippen LogP contribution in [0.2, 0.25) is 0 Å². The molecule has 2 aromatic heterocycles. The first kappa shape index (κ1) is 18.5. The standard InChI is InChI=1S/C22H20N2O3S/c1-12-5-13(2)7-16(6-12)21-23-24-22(27-21)28-11-17-10-20(25)26-19-9-15(4)14(3)8-18(17)19/h5-10H,11H2,1-4H3. The molecule has 2 aromatic carbocycles. The van der Waals surface area contributed by atoms with Gasteiger partial charge in [0.1, 0.15) is 5.58 Å². The highest BCUT2D eigenvalue weighted by atomic mass is 32.2. The van der Waals surface area contributed by atoms with E-state index in [2.05, 4.69) is 22.3 Å². The van der Waals surface area contributed by atoms with Gasteiger partial charge in [0.05, 0.1) is 0 Å². The van der Waals surface area contributed by atoms with Crippen LogP contribution in [0.4, 0.5) is 0 Å². The van der Waals surface area contributed by atoms with Crippen LogP contribution in [0.15, 0.2) is 55.2 Å². The number of aromatic nitrogens is 2. The minimum absolute atomic E-state index is 0.354. The molecule has 2 heterocycles. The lowest BCUT2D eigenvalue weighted by Gasteiger charge is -2.07. The molecular weight excluding hydrogens is 372 g/mol. The summed E-state index contributed by atoms with van der Waals surface area (Å²) in [5.41, 5.74) is 6.60. The van der Waals surface area contributed by atoms with Crippen molar-refractivity contribution < 1.29 is 8.83 Å². The highest BCUT2D eigenvalue weighted by molar-refractivity contribution is 7.98. The summed E-state index contributed by atoms with van der Waals surface area (Å²) in [4.78, 5) is 11.9. The summed E-state index contributed by atoms with van der Waals surface area (Å²) in [7, 11) is 0. The molecule has 28 heavy (non-hydrogen) atoms. The Balaban J connectivity index is 1.61. The van der Waals surface area contributed by atoms with Crippen molar-refractivity contribution in [1.82, 2.24) is 10.2 Å². The number of nitrogens with zero attached hydrogens (tertiary/aromatic N) is 2. The average Bonchev–Trinajstić information content (AvgIpc) is 3.09. The molecule has 0 amide bonds. The maximum atomic E-state index is 11.9. The number of hydrogen-bond acceptors (Lipinski definition) is 6. The molecule has 0 spiro atoms. The molecule has 0 fully saturated rings. The third-order valence-electron chi connectivity index (χ3n) is 4.67. The topological polar surface area (TPSA) is 69.1 Å². The van der Waals surface area contributed by atoms with Crippen molar-refractivity contribution in [2.45, 2.75) is 38.7 Å². The van der Waals surface area contributed by atoms with Crippen molar-refractivity contribution in [2.24, 2.45) is 0 Å². The van der Waals surface area contributed by atoms with E-state index in [0.717, 1.165) is 38.8 Å². The molecule has 0 aliphatic rings. The van der Waals surface area contributed by atoms with Crippen molar-refractivity contribution >= 4 is 22.7 Å². The lowest BCUT2D eigenvalue weighted by atomic mass is 10.0. The van der Waals surface area contributed by atoms with E-state index in [9.17, 15) is 4.79 Å². The summed E-state index contributed by atoms with van der Waals surface area (Å²) in [5, 5.41) is 9.72. The van der Waals surface area contributed by atoms with Crippen LogP contribution >= 0.6 is 11.8 Å². The zero-order chi connectivity index (χ0) is 19.8. The molecule has 0 aliphatic carbocycles. The lowest BCUT2D eigenvalue weighted by molar-refractivity contribution is 0.465. The van der Waals surface area contributed by atoms with Gasteiger partial charge in [-0.25, -0.2) is 4.79 Å². The van der Waals surface area contributed by atoms with Crippen molar-refractivity contribution in [3.8, 4) is 11.5 Å². The molecule has 0 unspecified atom stereocenters. The van der Waals surface area contributed by atoms with E-state index >= 15 is 0 Å². The molecule has 0 saturated heterocycles. The average molecular weight is 392 g/mol. The molecule has 5 nitrogen and oxygen atoms in total. The molecule has 0 atom stereocenters. The summed E-state index contributed by atoms with van der Waals surface area (Å²) < 4.78 is 11.2. The number of benzene rings is 2. The zero-order valence-corrected chi connectivity index (χ0v) is 17.0. The van der Waals surface area contributed by atoms with Gasteiger partial charge in [-0.3, -0.25) is 0 Å². The smallest absolute Gasteiger partial charge is 0.336 e. The Hall–Kier alpha value is -2.86. The van der Waals surface area contributed by atoms with Crippen molar-refractivity contribution in [3.63, 3.8) is 0 Å². The fourth-order valence-corrected chi connectivity index (χ4v) is 3.98. The van der Waals surface area contributed by atoms with Crippen LogP contribution in [-0.2, 0) is 5.75 Å². The summed E-state index contributed by atoms with van der Waals surface area (Å²) in [6, 6.07) is 11.6. The van der Waals surface area contributed by atoms with E-state index in [1.165, 1.54) is 17.8 Å². The van der Waals surface area contributed by atoms with Gasteiger partial charge in [-0.1, -0.05) is 29.0 Å². The molecule has 4 rings (SSSR count). The van der Waals surface area contributed by atoms with Crippen molar-refractivity contribution in [3.05, 3.63) is 74.6 Å². The molecule has 0 saturated carbocycles. The van der Waals surface area contributed by atoms with Gasteiger partial charge in [0.15, 0.2) is 0 Å². The lowest BCUT2D eigenvalue weighted by Crippen LogP contribution is -2.00. The Morgan fingerprint density at radius 3 is 2.32 bits per heavy atom. The van der Waals surface area contributed by atoms with Crippen LogP contribution < -0.4 is 5.63 Å². The predicted octanol–water partition coefficient (Wildman–Crippen LogP) is 5.37. The largest absolute Gasteiger partial charge is 0.423 e. The van der Waals surface area contributed by atoms with Crippen molar-refractivity contribution in [2.75, 3.05) is 0 Å². The van der Waals surface area contributed by atoms with Crippen molar-refractivity contribution in [1.29, 1.82) is 0 Å². The number of thioether (sulfide) groups is 1. The number of aryl methyl sites for hydroxylation is 4. The van der Waals surface area contributed by atoms with Gasteiger partial charge in [0, 0.05) is 22.8 Å². The SMILES string of the molecule is Cc1cc(C)cc(-c2nnc(SCc3cc(=O)oc4cc(C)c(C)cc34)o2)c1. The number of hydrogen-bond donors (Lipinski definition) is 0. The Bertz CT molecular complexity index is 1220. The molecule has 0 N–H and O–H groups in total. The molecule has 4 aromatic rings. The molecule has 6 heteroatoms. The highest BCUT2D eigenvalue weighted by Gasteiger charge is 2.13. The first-order valence-electron chi connectivity index (χ1n) is 8.98. The first-order chi connectivity index (χ1) is 13.4. The Labute approximate surface area is 166 Å². The van der Waals surface area contributed by atoms with Gasteiger partial charge >= 0.3 is 5.63 Å². The van der Waals surface area contributed by atoms with Gasteiger partial charge in [0.25, 0.3) is 5.22 Å². The third kappa shape index (κ3) is 3.73. The van der Waals surface area contributed by atoms with Gasteiger partial charge in [-0.05, 0) is 68.7 Å². The molecular formula is C22H20N2O3S. The van der Waals surface area contributed by atoms with E-state index < -0.39 is 0 Å². The summed E-state index contributed by atoms with van der Waals surface area (Å²) in [6.07, 6.45) is 0. The van der Waals surface area contributed by atoms with E-state index in [-0.39, 0.29) is 5.63 Å². The quantitative estimate of drug-likeness (QED) is 0.344. The zero-order valence-electron chi connectivity index (χ0n) is 16.2. The molecule has 142 valence electrons. The Kier molecular flexibility index (Phi) is 4.81. The van der Waals surface area contributed by atoms with Gasteiger partial charge in [0.2, 0.25) is 5.89 Å². The normalized spacial score (nSPS) is 11.3. The van der Waals surface area contributed by atoms with Crippen LogP contribution in [0.1, 0.15) is 27.8 Å². The van der Waals surface area contributed by atoms with E-state index in [1.807, 2.05) is 45.9 Å². The Morgan fingerprint density at radius 1 is 0.857 bits per heavy atom. The van der Waals surface area contributed by atoms with Gasteiger partial charge in [-0.15, -0.1) is 10.2 Å². The maximum absolute atomic E-state index is 11.9. The number of fused-ring (bicyclic) bond motifs is 1. The van der Waals surface area contributed by atoms with Gasteiger partial charge in [-0.2, -0.15) is 0 Å². The van der Waals surface area contributed by atoms with Crippen LogP contribution in [0.25, 0.3) is 22.4 Å². The minimum Gasteiger partial charge on any atom is -0.423 e. The monoisotopic (exact) mass is 392 g/mol. The second-order valence-corrected chi connectivity index (χ2v) is 7.99. The summed E-state index contributed by atoms with van der Waals surface area (Å²) in [5.74, 6) is 1.04. The van der Waals surface area contributed by atoms with Crippen LogP contribution in [0, 0.1) is 27.7 Å². The maximum Gasteiger partial charge on any atom is 0.336 e. The molecule has 0 radical (unpaired) electrons. The Morgan fingerprint density at radius 2 is 1.57 bits per heavy atom. The van der Waals surface area contributed by atoms with Gasteiger partial charge < -0.3 is 8.83 Å². The number of rotatable bonds is 4.